The zero-order chi connectivity index (χ0) is 83.9. The normalized spacial score (nSPS) is 46.9. The SMILES string of the molecule is COC(=O)CC[C@@H](C)[C@H]1CC[C@H]2[C@@H]3CC[C@@H]4C[C@H](C)CC[C@]4(C)C3=CC(=O)[C@]12C.COC(=O)CC[C@@H](C)[C@H]1CC[C@H]2[C@@H]3CC[C@@H]4C[C@H](C)CC[C@]4(C)C3=CC(O)[C@]12C.COC(=O)CC[C@@H](C)[C@H]1CC[C@H]2[C@@H]3CC[C@@H]4C[C@H](C)CC[C@]4(C)C3=C[C@@H](O)[C@]12C.COC(=O)CC[C@@H](C)[C@H]1CC[C@H]2[C@@H]3CC[C@@H]4C[C@H](C)CC[C@]4(C)[C@H]3CC(=O)[C@]12C. The quantitative estimate of drug-likeness (QED) is 0.0850. The largest absolute Gasteiger partial charge is 0.469 e. The van der Waals surface area contributed by atoms with Crippen LogP contribution in [0.25, 0.3) is 0 Å². The van der Waals surface area contributed by atoms with E-state index in [1.54, 1.807) is 11.1 Å². The summed E-state index contributed by atoms with van der Waals surface area (Å²) in [5.41, 5.74) is 5.54. The van der Waals surface area contributed by atoms with Gasteiger partial charge in [0.2, 0.25) is 0 Å². The van der Waals surface area contributed by atoms with E-state index >= 15 is 0 Å². The van der Waals surface area contributed by atoms with Crippen LogP contribution in [0.1, 0.15) is 348 Å². The van der Waals surface area contributed by atoms with E-state index in [-0.39, 0.29) is 63.2 Å². The van der Waals surface area contributed by atoms with Crippen molar-refractivity contribution in [2.75, 3.05) is 28.4 Å². The number of Topliss-reactive ketones (excluding diaryl/α,β-unsaturated/α-hetero) is 1. The van der Waals surface area contributed by atoms with E-state index in [0.29, 0.717) is 148 Å². The number of carbonyl (C=O) groups excluding carboxylic acids is 6. The first-order valence-electron chi connectivity index (χ1n) is 48.7. The Kier molecular flexibility index (Phi) is 27.3. The van der Waals surface area contributed by atoms with E-state index in [2.05, 4.69) is 129 Å². The molecule has 16 rings (SSSR count). The van der Waals surface area contributed by atoms with Crippen LogP contribution in [-0.2, 0) is 47.7 Å². The van der Waals surface area contributed by atoms with Gasteiger partial charge in [-0.2, -0.15) is 0 Å². The first-order chi connectivity index (χ1) is 54.8. The van der Waals surface area contributed by atoms with E-state index < -0.39 is 0 Å². The van der Waals surface area contributed by atoms with Crippen molar-refractivity contribution in [1.29, 1.82) is 0 Å². The number of hydrogen-bond acceptors (Lipinski definition) is 12. The summed E-state index contributed by atoms with van der Waals surface area (Å²) in [5.74, 6) is 16.1. The Morgan fingerprint density at radius 2 is 0.707 bits per heavy atom. The molecular weight excluding hydrogens is 1440 g/mol. The van der Waals surface area contributed by atoms with Crippen LogP contribution in [0, 0.1) is 191 Å². The van der Waals surface area contributed by atoms with Gasteiger partial charge in [-0.05, 0) is 375 Å². The van der Waals surface area contributed by atoms with Crippen molar-refractivity contribution in [3.63, 3.8) is 0 Å². The number of aliphatic hydroxyl groups excluding tert-OH is 2. The first kappa shape index (κ1) is 90.1. The number of methoxy groups -OCH3 is 4. The number of carbonyl (C=O) groups is 6. The summed E-state index contributed by atoms with van der Waals surface area (Å²) in [4.78, 5) is 74.0. The molecule has 0 amide bonds. The third kappa shape index (κ3) is 15.9. The summed E-state index contributed by atoms with van der Waals surface area (Å²) in [6, 6.07) is 0. The lowest BCUT2D eigenvalue weighted by atomic mass is 9.43. The van der Waals surface area contributed by atoms with Crippen LogP contribution in [0.3, 0.4) is 0 Å². The van der Waals surface area contributed by atoms with Gasteiger partial charge in [-0.15, -0.1) is 0 Å². The van der Waals surface area contributed by atoms with Crippen LogP contribution in [0.15, 0.2) is 34.9 Å². The van der Waals surface area contributed by atoms with Gasteiger partial charge in [0.05, 0.1) is 40.6 Å². The summed E-state index contributed by atoms with van der Waals surface area (Å²) in [6.45, 7) is 38.1. The molecule has 116 heavy (non-hydrogen) atoms. The molecule has 16 aliphatic carbocycles. The Labute approximate surface area is 704 Å². The standard InChI is InChI=1S/3C26H42O3.C26H40O3/c4*1-16-12-13-25(3)18(14-16)7-8-19-21-10-9-20(17(2)6-11-24(28)29-5)26(21,4)23(27)15-22(19)25/h16-22H,6-15H2,1-5H3;2*15-21,23,27H,6-14H2,1-5H3;15-21H,6-14H2,1-5H3/t16-,17-,18-,19+,20-,21+,22+,25+,26-;16-,17-,18-,19+,20-,21+,23?,25+,26-;16-,17-,18-,19+,20-,21+,23-,25+,26-;16-,17-,18-,19+,20-,21+,25+,26-/m1111/s1. The molecule has 12 heteroatoms. The maximum Gasteiger partial charge on any atom is 0.305 e. The molecule has 0 aliphatic heterocycles. The highest BCUT2D eigenvalue weighted by Gasteiger charge is 2.67. The number of fused-ring (bicyclic) bond motifs is 20. The minimum absolute atomic E-state index is 0.0468. The summed E-state index contributed by atoms with van der Waals surface area (Å²) in [7, 11) is 5.87. The molecule has 1 unspecified atom stereocenters. The maximum absolute atomic E-state index is 13.8. The molecule has 35 atom stereocenters. The van der Waals surface area contributed by atoms with E-state index in [0.717, 1.165) is 98.2 Å². The average molecular weight is 1610 g/mol. The molecule has 0 spiro atoms. The summed E-state index contributed by atoms with van der Waals surface area (Å²) in [5, 5.41) is 23.0. The van der Waals surface area contributed by atoms with Gasteiger partial charge in [-0.1, -0.05) is 146 Å². The van der Waals surface area contributed by atoms with Crippen LogP contribution >= 0.6 is 0 Å². The lowest BCUT2D eigenvalue weighted by Gasteiger charge is -2.60. The van der Waals surface area contributed by atoms with E-state index in [4.69, 9.17) is 18.9 Å². The fraction of sp³-hybridized carbons (Fsp3) is 0.885. The molecule has 0 saturated heterocycles. The van der Waals surface area contributed by atoms with Crippen molar-refractivity contribution in [3.8, 4) is 0 Å². The van der Waals surface area contributed by atoms with Crippen molar-refractivity contribution >= 4 is 35.4 Å². The number of allylic oxidation sites excluding steroid dienone is 4. The summed E-state index contributed by atoms with van der Waals surface area (Å²) < 4.78 is 19.4. The fourth-order valence-corrected chi connectivity index (χ4v) is 33.6. The topological polar surface area (TPSA) is 180 Å². The van der Waals surface area contributed by atoms with Gasteiger partial charge in [0.15, 0.2) is 5.78 Å². The molecule has 654 valence electrons. The van der Waals surface area contributed by atoms with E-state index in [1.807, 2.05) is 0 Å². The van der Waals surface area contributed by atoms with Gasteiger partial charge in [0.25, 0.3) is 0 Å². The van der Waals surface area contributed by atoms with Gasteiger partial charge in [0.1, 0.15) is 5.78 Å². The Morgan fingerprint density at radius 1 is 0.379 bits per heavy atom. The highest BCUT2D eigenvalue weighted by atomic mass is 16.5. The van der Waals surface area contributed by atoms with Crippen molar-refractivity contribution in [3.05, 3.63) is 34.9 Å². The third-order valence-electron chi connectivity index (χ3n) is 40.9. The Balaban J connectivity index is 0.000000135. The Morgan fingerprint density at radius 3 is 1.11 bits per heavy atom. The van der Waals surface area contributed by atoms with Gasteiger partial charge in [-0.3, -0.25) is 28.8 Å². The zero-order valence-corrected chi connectivity index (χ0v) is 77.0. The van der Waals surface area contributed by atoms with Gasteiger partial charge in [-0.25, -0.2) is 0 Å². The fourth-order valence-electron chi connectivity index (χ4n) is 33.6. The molecule has 0 radical (unpaired) electrons. The Bertz CT molecular complexity index is 3510. The van der Waals surface area contributed by atoms with Crippen molar-refractivity contribution < 1.29 is 57.9 Å². The zero-order valence-electron chi connectivity index (χ0n) is 77.0. The van der Waals surface area contributed by atoms with Crippen molar-refractivity contribution in [1.82, 2.24) is 0 Å². The van der Waals surface area contributed by atoms with Gasteiger partial charge in [0, 0.05) is 53.8 Å². The minimum atomic E-state index is -0.346. The molecule has 0 aromatic carbocycles. The third-order valence-corrected chi connectivity index (χ3v) is 40.9. The molecule has 0 heterocycles. The smallest absolute Gasteiger partial charge is 0.305 e. The number of aliphatic hydroxyl groups is 2. The second-order valence-corrected chi connectivity index (χ2v) is 46.0. The first-order valence-corrected chi connectivity index (χ1v) is 48.7. The van der Waals surface area contributed by atoms with Crippen molar-refractivity contribution in [2.24, 2.45) is 191 Å². The maximum atomic E-state index is 13.8. The highest BCUT2D eigenvalue weighted by Crippen LogP contribution is 2.73. The molecule has 0 aromatic rings. The second-order valence-electron chi connectivity index (χ2n) is 46.0. The number of ketones is 2. The molecule has 2 N–H and O–H groups in total. The monoisotopic (exact) mass is 1610 g/mol. The Hall–Kier alpha value is -3.64. The molecular formula is C104H166O12. The summed E-state index contributed by atoms with van der Waals surface area (Å²) in [6.07, 6.45) is 48.5. The number of esters is 4. The van der Waals surface area contributed by atoms with Crippen LogP contribution < -0.4 is 0 Å². The predicted octanol–water partition coefficient (Wildman–Crippen LogP) is 23.5. The lowest BCUT2D eigenvalue weighted by molar-refractivity contribution is -0.158. The molecule has 12 nitrogen and oxygen atoms in total. The molecule has 0 aromatic heterocycles. The predicted molar refractivity (Wildman–Crippen MR) is 463 cm³/mol. The van der Waals surface area contributed by atoms with E-state index in [1.165, 1.54) is 201 Å². The molecule has 16 aliphatic rings. The molecule has 0 bridgehead atoms. The van der Waals surface area contributed by atoms with Crippen LogP contribution in [0.4, 0.5) is 0 Å². The van der Waals surface area contributed by atoms with E-state index in [9.17, 15) is 39.0 Å². The van der Waals surface area contributed by atoms with Crippen molar-refractivity contribution in [2.45, 2.75) is 361 Å². The van der Waals surface area contributed by atoms with Crippen LogP contribution in [0.5, 0.6) is 0 Å². The van der Waals surface area contributed by atoms with Crippen LogP contribution in [0.2, 0.25) is 0 Å². The lowest BCUT2D eigenvalue weighted by Crippen LogP contribution is -2.57. The minimum Gasteiger partial charge on any atom is -0.469 e. The number of hydrogen-bond donors (Lipinski definition) is 2. The number of rotatable bonds is 16. The molecule has 13 fully saturated rings. The average Bonchev–Trinajstić information content (AvgIpc) is 0.835. The van der Waals surface area contributed by atoms with Gasteiger partial charge >= 0.3 is 23.9 Å². The van der Waals surface area contributed by atoms with Crippen LogP contribution in [-0.4, -0.2) is 86.3 Å². The second kappa shape index (κ2) is 35.2. The van der Waals surface area contributed by atoms with Gasteiger partial charge < -0.3 is 29.2 Å². The number of ether oxygens (including phenoxy) is 4. The summed E-state index contributed by atoms with van der Waals surface area (Å²) >= 11 is 0. The highest BCUT2D eigenvalue weighted by molar-refractivity contribution is 5.97. The molecule has 13 saturated carbocycles.